The molecule has 1 heterocycles. The Morgan fingerprint density at radius 3 is 2.46 bits per heavy atom. The minimum Gasteiger partial charge on any atom is -0.456 e. The van der Waals surface area contributed by atoms with Gasteiger partial charge in [-0.05, 0) is 43.5 Å². The van der Waals surface area contributed by atoms with Crippen molar-refractivity contribution >= 4 is 23.6 Å². The second-order valence-corrected chi connectivity index (χ2v) is 6.09. The van der Waals surface area contributed by atoms with Crippen LogP contribution in [0.1, 0.15) is 42.5 Å². The van der Waals surface area contributed by atoms with Gasteiger partial charge in [0.05, 0.1) is 6.42 Å². The molecule has 8 heteroatoms. The van der Waals surface area contributed by atoms with Crippen LogP contribution in [0.3, 0.4) is 0 Å². The van der Waals surface area contributed by atoms with E-state index in [9.17, 15) is 23.6 Å². The van der Waals surface area contributed by atoms with Crippen LogP contribution >= 0.6 is 0 Å². The molecule has 140 valence electrons. The molecule has 1 aliphatic heterocycles. The number of piperidine rings is 1. The minimum absolute atomic E-state index is 0.105. The molecule has 2 N–H and O–H groups in total. The van der Waals surface area contributed by atoms with Crippen LogP contribution in [0, 0.1) is 5.82 Å². The standard InChI is InChI=1S/C18H21FN2O5/c19-13-6-4-12(5-7-13)15(22)8-9-17(24)26-11-16(23)21-10-2-1-3-14(21)18(20)25/h4-7,14H,1-3,8-11H2,(H2,20,25)/t14-/m0/s1. The normalized spacial score (nSPS) is 16.8. The first-order valence-electron chi connectivity index (χ1n) is 8.41. The Kier molecular flexibility index (Phi) is 6.82. The van der Waals surface area contributed by atoms with Crippen LogP contribution < -0.4 is 5.73 Å². The van der Waals surface area contributed by atoms with Crippen molar-refractivity contribution in [3.63, 3.8) is 0 Å². The minimum atomic E-state index is -0.693. The van der Waals surface area contributed by atoms with Crippen molar-refractivity contribution in [3.05, 3.63) is 35.6 Å². The van der Waals surface area contributed by atoms with E-state index >= 15 is 0 Å². The van der Waals surface area contributed by atoms with Crippen LogP contribution in [0.4, 0.5) is 4.39 Å². The fraction of sp³-hybridized carbons (Fsp3) is 0.444. The topological polar surface area (TPSA) is 107 Å². The predicted octanol–water partition coefficient (Wildman–Crippen LogP) is 1.20. The van der Waals surface area contributed by atoms with Crippen molar-refractivity contribution in [1.29, 1.82) is 0 Å². The van der Waals surface area contributed by atoms with Gasteiger partial charge < -0.3 is 15.4 Å². The Morgan fingerprint density at radius 1 is 1.12 bits per heavy atom. The third kappa shape index (κ3) is 5.37. The molecule has 2 rings (SSSR count). The van der Waals surface area contributed by atoms with E-state index < -0.39 is 36.2 Å². The number of hydrogen-bond donors (Lipinski definition) is 1. The second-order valence-electron chi connectivity index (χ2n) is 6.09. The lowest BCUT2D eigenvalue weighted by atomic mass is 10.0. The highest BCUT2D eigenvalue weighted by atomic mass is 19.1. The molecule has 1 saturated heterocycles. The lowest BCUT2D eigenvalue weighted by Gasteiger charge is -2.33. The lowest BCUT2D eigenvalue weighted by molar-refractivity contribution is -0.154. The summed E-state index contributed by atoms with van der Waals surface area (Å²) in [4.78, 5) is 48.5. The number of carbonyl (C=O) groups is 4. The zero-order chi connectivity index (χ0) is 19.1. The maximum absolute atomic E-state index is 12.8. The van der Waals surface area contributed by atoms with Crippen LogP contribution in [0.5, 0.6) is 0 Å². The number of halogens is 1. The quantitative estimate of drug-likeness (QED) is 0.578. The van der Waals surface area contributed by atoms with Gasteiger partial charge in [0.2, 0.25) is 5.91 Å². The summed E-state index contributed by atoms with van der Waals surface area (Å²) in [5, 5.41) is 0. The number of hydrogen-bond acceptors (Lipinski definition) is 5. The van der Waals surface area contributed by atoms with Crippen LogP contribution in [0.2, 0.25) is 0 Å². The Labute approximate surface area is 150 Å². The Balaban J connectivity index is 1.77. The fourth-order valence-corrected chi connectivity index (χ4v) is 2.82. The van der Waals surface area contributed by atoms with Crippen molar-refractivity contribution in [2.45, 2.75) is 38.1 Å². The summed E-state index contributed by atoms with van der Waals surface area (Å²) in [6, 6.07) is 4.34. The SMILES string of the molecule is NC(=O)[C@@H]1CCCCN1C(=O)COC(=O)CCC(=O)c1ccc(F)cc1. The zero-order valence-electron chi connectivity index (χ0n) is 14.3. The number of nitrogens with zero attached hydrogens (tertiary/aromatic N) is 1. The van der Waals surface area contributed by atoms with Crippen molar-refractivity contribution < 1.29 is 28.3 Å². The monoisotopic (exact) mass is 364 g/mol. The summed E-state index contributed by atoms with van der Waals surface area (Å²) in [6.45, 7) is -0.0968. The highest BCUT2D eigenvalue weighted by molar-refractivity contribution is 5.97. The highest BCUT2D eigenvalue weighted by Crippen LogP contribution is 2.17. The van der Waals surface area contributed by atoms with E-state index in [0.29, 0.717) is 18.5 Å². The molecule has 1 fully saturated rings. The summed E-state index contributed by atoms with van der Waals surface area (Å²) in [5.74, 6) is -2.52. The predicted molar refractivity (Wildman–Crippen MR) is 89.5 cm³/mol. The van der Waals surface area contributed by atoms with E-state index in [1.807, 2.05) is 0 Å². The molecule has 2 amide bonds. The van der Waals surface area contributed by atoms with Crippen LogP contribution in [0.15, 0.2) is 24.3 Å². The molecular formula is C18H21FN2O5. The van der Waals surface area contributed by atoms with Crippen molar-refractivity contribution in [3.8, 4) is 0 Å². The van der Waals surface area contributed by atoms with E-state index in [0.717, 1.165) is 25.0 Å². The number of primary amides is 1. The Hall–Kier alpha value is -2.77. The number of Topliss-reactive ketones (excluding diaryl/α,β-unsaturated/α-hetero) is 1. The van der Waals surface area contributed by atoms with Gasteiger partial charge in [-0.3, -0.25) is 19.2 Å². The van der Waals surface area contributed by atoms with E-state index in [2.05, 4.69) is 0 Å². The maximum atomic E-state index is 12.8. The number of rotatable bonds is 7. The molecule has 1 aromatic rings. The molecule has 0 aromatic heterocycles. The molecular weight excluding hydrogens is 343 g/mol. The number of amides is 2. The van der Waals surface area contributed by atoms with Gasteiger partial charge in [-0.25, -0.2) is 4.39 Å². The average Bonchev–Trinajstić information content (AvgIpc) is 2.64. The summed E-state index contributed by atoms with van der Waals surface area (Å²) >= 11 is 0. The van der Waals surface area contributed by atoms with Crippen LogP contribution in [-0.4, -0.2) is 47.7 Å². The second kappa shape index (κ2) is 9.07. The Bertz CT molecular complexity index is 689. The number of benzene rings is 1. The first kappa shape index (κ1) is 19.6. The van der Waals surface area contributed by atoms with Gasteiger partial charge in [-0.2, -0.15) is 0 Å². The van der Waals surface area contributed by atoms with Gasteiger partial charge in [0.15, 0.2) is 12.4 Å². The molecule has 0 unspecified atom stereocenters. The molecule has 26 heavy (non-hydrogen) atoms. The van der Waals surface area contributed by atoms with Crippen molar-refractivity contribution in [2.75, 3.05) is 13.2 Å². The summed E-state index contributed by atoms with van der Waals surface area (Å²) in [6.07, 6.45) is 1.77. The third-order valence-corrected chi connectivity index (χ3v) is 4.23. The first-order chi connectivity index (χ1) is 12.4. The van der Waals surface area contributed by atoms with Crippen LogP contribution in [-0.2, 0) is 19.1 Å². The summed E-state index contributed by atoms with van der Waals surface area (Å²) in [7, 11) is 0. The molecule has 0 radical (unpaired) electrons. The van der Waals surface area contributed by atoms with Crippen LogP contribution in [0.25, 0.3) is 0 Å². The number of ether oxygens (including phenoxy) is 1. The molecule has 0 aliphatic carbocycles. The van der Waals surface area contributed by atoms with E-state index in [4.69, 9.17) is 10.5 Å². The smallest absolute Gasteiger partial charge is 0.306 e. The number of carbonyl (C=O) groups excluding carboxylic acids is 4. The van der Waals surface area contributed by atoms with Gasteiger partial charge in [-0.15, -0.1) is 0 Å². The van der Waals surface area contributed by atoms with Gasteiger partial charge in [0, 0.05) is 18.5 Å². The molecule has 1 atom stereocenters. The number of nitrogens with two attached hydrogens (primary N) is 1. The molecule has 1 aromatic carbocycles. The summed E-state index contributed by atoms with van der Waals surface area (Å²) in [5.41, 5.74) is 5.59. The lowest BCUT2D eigenvalue weighted by Crippen LogP contribution is -2.51. The van der Waals surface area contributed by atoms with E-state index in [-0.39, 0.29) is 18.6 Å². The Morgan fingerprint density at radius 2 is 1.81 bits per heavy atom. The van der Waals surface area contributed by atoms with Crippen molar-refractivity contribution in [2.24, 2.45) is 5.73 Å². The van der Waals surface area contributed by atoms with Gasteiger partial charge in [0.1, 0.15) is 11.9 Å². The van der Waals surface area contributed by atoms with E-state index in [1.165, 1.54) is 17.0 Å². The fourth-order valence-electron chi connectivity index (χ4n) is 2.82. The number of ketones is 1. The van der Waals surface area contributed by atoms with Gasteiger partial charge >= 0.3 is 5.97 Å². The van der Waals surface area contributed by atoms with Gasteiger partial charge in [0.25, 0.3) is 5.91 Å². The molecule has 7 nitrogen and oxygen atoms in total. The molecule has 0 spiro atoms. The van der Waals surface area contributed by atoms with E-state index in [1.54, 1.807) is 0 Å². The highest BCUT2D eigenvalue weighted by Gasteiger charge is 2.30. The number of likely N-dealkylation sites (tertiary alicyclic amines) is 1. The first-order valence-corrected chi connectivity index (χ1v) is 8.41. The molecule has 0 bridgehead atoms. The average molecular weight is 364 g/mol. The van der Waals surface area contributed by atoms with Crippen molar-refractivity contribution in [1.82, 2.24) is 4.90 Å². The largest absolute Gasteiger partial charge is 0.456 e. The zero-order valence-corrected chi connectivity index (χ0v) is 14.3. The third-order valence-electron chi connectivity index (χ3n) is 4.23. The molecule has 0 saturated carbocycles. The summed E-state index contributed by atoms with van der Waals surface area (Å²) < 4.78 is 17.7. The molecule has 1 aliphatic rings. The van der Waals surface area contributed by atoms with Gasteiger partial charge in [-0.1, -0.05) is 0 Å². The maximum Gasteiger partial charge on any atom is 0.306 e. The number of esters is 1.